The van der Waals surface area contributed by atoms with Gasteiger partial charge in [0, 0.05) is 0 Å². The molecule has 0 spiro atoms. The van der Waals surface area contributed by atoms with Crippen LogP contribution in [0.3, 0.4) is 0 Å². The van der Waals surface area contributed by atoms with Crippen LogP contribution in [0, 0.1) is 5.92 Å². The average molecular weight is 137 g/mol. The average Bonchev–Trinajstić information content (AvgIpc) is 1.86. The minimum Gasteiger partial charge on any atom is -0.248 e. The highest BCUT2D eigenvalue weighted by atomic mass is 19.1. The standard InChI is InChI=1S/C6H11F2O/c1-5(2)6(9,3-7)4-8/h5H,3-4H2,1-2H3. The fraction of sp³-hybridized carbons (Fsp3) is 1.00. The van der Waals surface area contributed by atoms with Gasteiger partial charge in [-0.2, -0.15) is 0 Å². The third-order valence-corrected chi connectivity index (χ3v) is 1.50. The lowest BCUT2D eigenvalue weighted by Crippen LogP contribution is -2.38. The normalized spacial score (nSPS) is 12.7. The monoisotopic (exact) mass is 137 g/mol. The number of rotatable bonds is 3. The molecule has 0 amide bonds. The van der Waals surface area contributed by atoms with Crippen LogP contribution in [-0.4, -0.2) is 19.0 Å². The molecule has 0 heterocycles. The molecule has 1 radical (unpaired) electrons. The van der Waals surface area contributed by atoms with Crippen LogP contribution in [0.15, 0.2) is 0 Å². The van der Waals surface area contributed by atoms with Gasteiger partial charge in [0.05, 0.1) is 0 Å². The van der Waals surface area contributed by atoms with E-state index in [-0.39, 0.29) is 0 Å². The molecule has 55 valence electrons. The fourth-order valence-corrected chi connectivity index (χ4v) is 0.344. The lowest BCUT2D eigenvalue weighted by atomic mass is 9.93. The Morgan fingerprint density at radius 1 is 1.33 bits per heavy atom. The second-order valence-electron chi connectivity index (χ2n) is 2.49. The van der Waals surface area contributed by atoms with Crippen molar-refractivity contribution in [2.75, 3.05) is 13.3 Å². The van der Waals surface area contributed by atoms with Crippen molar-refractivity contribution in [3.05, 3.63) is 0 Å². The highest BCUT2D eigenvalue weighted by Crippen LogP contribution is 2.18. The van der Waals surface area contributed by atoms with E-state index in [9.17, 15) is 13.9 Å². The van der Waals surface area contributed by atoms with Gasteiger partial charge in [0.2, 0.25) is 0 Å². The van der Waals surface area contributed by atoms with Crippen molar-refractivity contribution in [1.29, 1.82) is 0 Å². The van der Waals surface area contributed by atoms with Crippen molar-refractivity contribution >= 4 is 0 Å². The summed E-state index contributed by atoms with van der Waals surface area (Å²) >= 11 is 0. The van der Waals surface area contributed by atoms with Gasteiger partial charge in [-0.3, -0.25) is 0 Å². The largest absolute Gasteiger partial charge is 0.248 e. The predicted octanol–water partition coefficient (Wildman–Crippen LogP) is 1.75. The topological polar surface area (TPSA) is 19.9 Å². The van der Waals surface area contributed by atoms with Crippen molar-refractivity contribution < 1.29 is 13.9 Å². The summed E-state index contributed by atoms with van der Waals surface area (Å²) in [6.07, 6.45) is 0. The summed E-state index contributed by atoms with van der Waals surface area (Å²) in [7, 11) is 0. The predicted molar refractivity (Wildman–Crippen MR) is 30.2 cm³/mol. The molecular weight excluding hydrogens is 126 g/mol. The molecule has 1 nitrogen and oxygen atoms in total. The Balaban J connectivity index is 3.92. The van der Waals surface area contributed by atoms with E-state index in [2.05, 4.69) is 0 Å². The van der Waals surface area contributed by atoms with Crippen LogP contribution in [0.2, 0.25) is 0 Å². The third-order valence-electron chi connectivity index (χ3n) is 1.50. The maximum Gasteiger partial charge on any atom is 0.162 e. The van der Waals surface area contributed by atoms with Gasteiger partial charge in [0.1, 0.15) is 13.3 Å². The van der Waals surface area contributed by atoms with Gasteiger partial charge in [0.15, 0.2) is 5.60 Å². The van der Waals surface area contributed by atoms with Crippen LogP contribution >= 0.6 is 0 Å². The zero-order valence-electron chi connectivity index (χ0n) is 5.66. The molecule has 0 saturated carbocycles. The van der Waals surface area contributed by atoms with Gasteiger partial charge < -0.3 is 0 Å². The van der Waals surface area contributed by atoms with Crippen LogP contribution in [-0.2, 0) is 5.11 Å². The van der Waals surface area contributed by atoms with E-state index in [1.54, 1.807) is 0 Å². The Bertz CT molecular complexity index is 79.1. The van der Waals surface area contributed by atoms with Gasteiger partial charge in [0.25, 0.3) is 0 Å². The summed E-state index contributed by atoms with van der Waals surface area (Å²) in [5.41, 5.74) is -2.00. The third kappa shape index (κ3) is 1.90. The van der Waals surface area contributed by atoms with Crippen LogP contribution < -0.4 is 0 Å². The van der Waals surface area contributed by atoms with E-state index in [0.29, 0.717) is 0 Å². The molecule has 0 aliphatic rings. The summed E-state index contributed by atoms with van der Waals surface area (Å²) in [5, 5.41) is 10.8. The Labute approximate surface area is 53.7 Å². The summed E-state index contributed by atoms with van der Waals surface area (Å²) < 4.78 is 23.5. The second kappa shape index (κ2) is 3.11. The zero-order valence-corrected chi connectivity index (χ0v) is 5.66. The molecule has 0 aromatic carbocycles. The van der Waals surface area contributed by atoms with Crippen molar-refractivity contribution in [3.8, 4) is 0 Å². The van der Waals surface area contributed by atoms with Crippen LogP contribution in [0.4, 0.5) is 8.78 Å². The fourth-order valence-electron chi connectivity index (χ4n) is 0.344. The SMILES string of the molecule is CC(C)C([O])(CF)CF. The van der Waals surface area contributed by atoms with E-state index in [0.717, 1.165) is 0 Å². The van der Waals surface area contributed by atoms with Crippen LogP contribution in [0.1, 0.15) is 13.8 Å². The molecule has 0 N–H and O–H groups in total. The van der Waals surface area contributed by atoms with E-state index in [4.69, 9.17) is 0 Å². The first-order chi connectivity index (χ1) is 4.06. The maximum absolute atomic E-state index is 11.7. The molecule has 0 aromatic rings. The number of halogens is 2. The Morgan fingerprint density at radius 3 is 1.67 bits per heavy atom. The minimum absolute atomic E-state index is 0.479. The number of hydrogen-bond acceptors (Lipinski definition) is 0. The van der Waals surface area contributed by atoms with E-state index >= 15 is 0 Å². The van der Waals surface area contributed by atoms with Gasteiger partial charge >= 0.3 is 0 Å². The van der Waals surface area contributed by atoms with Gasteiger partial charge in [-0.25, -0.2) is 13.9 Å². The molecule has 0 unspecified atom stereocenters. The summed E-state index contributed by atoms with van der Waals surface area (Å²) in [4.78, 5) is 0. The van der Waals surface area contributed by atoms with Crippen molar-refractivity contribution in [1.82, 2.24) is 0 Å². The second-order valence-corrected chi connectivity index (χ2v) is 2.49. The molecule has 0 saturated heterocycles. The van der Waals surface area contributed by atoms with Gasteiger partial charge in [-0.1, -0.05) is 13.8 Å². The minimum atomic E-state index is -2.00. The summed E-state index contributed by atoms with van der Waals surface area (Å²) in [5.74, 6) is -0.479. The first-order valence-corrected chi connectivity index (χ1v) is 2.89. The van der Waals surface area contributed by atoms with Crippen molar-refractivity contribution in [3.63, 3.8) is 0 Å². The lowest BCUT2D eigenvalue weighted by Gasteiger charge is -2.21. The highest BCUT2D eigenvalue weighted by molar-refractivity contribution is 4.79. The Hall–Kier alpha value is -0.180. The number of alkyl halides is 2. The molecule has 0 rings (SSSR count). The first kappa shape index (κ1) is 8.82. The molecular formula is C6H11F2O. The highest BCUT2D eigenvalue weighted by Gasteiger charge is 2.33. The van der Waals surface area contributed by atoms with Crippen molar-refractivity contribution in [2.24, 2.45) is 5.92 Å². The molecule has 9 heavy (non-hydrogen) atoms. The molecule has 0 bridgehead atoms. The quantitative estimate of drug-likeness (QED) is 0.564. The molecule has 0 atom stereocenters. The lowest BCUT2D eigenvalue weighted by molar-refractivity contribution is -0.0977. The summed E-state index contributed by atoms with van der Waals surface area (Å²) in [6, 6.07) is 0. The first-order valence-electron chi connectivity index (χ1n) is 2.89. The maximum atomic E-state index is 11.7. The number of hydrogen-bond donors (Lipinski definition) is 0. The molecule has 0 aliphatic carbocycles. The van der Waals surface area contributed by atoms with Crippen LogP contribution in [0.25, 0.3) is 0 Å². The Morgan fingerprint density at radius 2 is 1.67 bits per heavy atom. The molecule has 0 aromatic heterocycles. The zero-order chi connectivity index (χ0) is 7.49. The van der Waals surface area contributed by atoms with Gasteiger partial charge in [-0.05, 0) is 5.92 Å². The van der Waals surface area contributed by atoms with Gasteiger partial charge in [-0.15, -0.1) is 0 Å². The Kier molecular flexibility index (Phi) is 3.04. The molecule has 0 fully saturated rings. The molecule has 3 heteroatoms. The van der Waals surface area contributed by atoms with Crippen molar-refractivity contribution in [2.45, 2.75) is 19.4 Å². The van der Waals surface area contributed by atoms with E-state index in [1.165, 1.54) is 13.8 Å². The van der Waals surface area contributed by atoms with Crippen LogP contribution in [0.5, 0.6) is 0 Å². The smallest absolute Gasteiger partial charge is 0.162 e. The molecule has 0 aliphatic heterocycles. The van der Waals surface area contributed by atoms with E-state index < -0.39 is 24.9 Å². The van der Waals surface area contributed by atoms with E-state index in [1.807, 2.05) is 0 Å². The summed E-state index contributed by atoms with van der Waals surface area (Å²) in [6.45, 7) is 0.792.